The predicted octanol–water partition coefficient (Wildman–Crippen LogP) is 3.10. The summed E-state index contributed by atoms with van der Waals surface area (Å²) < 4.78 is 11.3. The Morgan fingerprint density at radius 1 is 1.21 bits per heavy atom. The Morgan fingerprint density at radius 2 is 2.00 bits per heavy atom. The highest BCUT2D eigenvalue weighted by Gasteiger charge is 2.47. The zero-order valence-electron chi connectivity index (χ0n) is 17.0. The lowest BCUT2D eigenvalue weighted by atomic mass is 9.87. The van der Waals surface area contributed by atoms with E-state index in [1.807, 2.05) is 36.9 Å². The summed E-state index contributed by atoms with van der Waals surface area (Å²) in [5, 5.41) is 4.08. The minimum atomic E-state index is -0.157. The maximum atomic E-state index is 12.9. The van der Waals surface area contributed by atoms with E-state index in [1.165, 1.54) is 5.56 Å². The summed E-state index contributed by atoms with van der Waals surface area (Å²) in [6.45, 7) is 10.6. The first kappa shape index (κ1) is 19.2. The SMILES string of the molecule is Cc1noc(C)c1CN1CCOC[C@@]2(CC(=O)N([C@H](C)c3ccccc3)C2)C1. The molecule has 1 amide bonds. The van der Waals surface area contributed by atoms with Gasteiger partial charge in [-0.1, -0.05) is 35.5 Å². The summed E-state index contributed by atoms with van der Waals surface area (Å²) in [7, 11) is 0. The van der Waals surface area contributed by atoms with Gasteiger partial charge in [-0.15, -0.1) is 0 Å². The zero-order chi connectivity index (χ0) is 19.7. The molecule has 4 rings (SSSR count). The molecule has 150 valence electrons. The van der Waals surface area contributed by atoms with Gasteiger partial charge in [-0.05, 0) is 26.3 Å². The van der Waals surface area contributed by atoms with Gasteiger partial charge in [0.1, 0.15) is 5.76 Å². The number of ether oxygens (including phenoxy) is 1. The van der Waals surface area contributed by atoms with Gasteiger partial charge in [-0.25, -0.2) is 0 Å². The highest BCUT2D eigenvalue weighted by Crippen LogP contribution is 2.38. The Morgan fingerprint density at radius 3 is 2.71 bits per heavy atom. The van der Waals surface area contributed by atoms with Crippen LogP contribution in [0.25, 0.3) is 0 Å². The van der Waals surface area contributed by atoms with Crippen molar-refractivity contribution >= 4 is 5.91 Å². The normalized spacial score (nSPS) is 24.7. The van der Waals surface area contributed by atoms with Gasteiger partial charge in [0.15, 0.2) is 0 Å². The molecular weight excluding hydrogens is 354 g/mol. The molecule has 2 aliphatic heterocycles. The molecule has 1 spiro atoms. The Kier molecular flexibility index (Phi) is 5.25. The van der Waals surface area contributed by atoms with Crippen molar-refractivity contribution in [3.63, 3.8) is 0 Å². The first-order valence-corrected chi connectivity index (χ1v) is 10.0. The number of likely N-dealkylation sites (tertiary alicyclic amines) is 1. The molecule has 6 nitrogen and oxygen atoms in total. The molecule has 2 aromatic rings. The molecule has 6 heteroatoms. The van der Waals surface area contributed by atoms with E-state index < -0.39 is 0 Å². The molecule has 1 aromatic heterocycles. The first-order chi connectivity index (χ1) is 13.5. The lowest BCUT2D eigenvalue weighted by molar-refractivity contribution is -0.129. The quantitative estimate of drug-likeness (QED) is 0.812. The summed E-state index contributed by atoms with van der Waals surface area (Å²) in [5.74, 6) is 1.10. The van der Waals surface area contributed by atoms with E-state index in [4.69, 9.17) is 9.26 Å². The molecule has 0 radical (unpaired) electrons. The fourth-order valence-electron chi connectivity index (χ4n) is 4.56. The lowest BCUT2D eigenvalue weighted by Gasteiger charge is -2.32. The van der Waals surface area contributed by atoms with Gasteiger partial charge in [-0.3, -0.25) is 9.69 Å². The smallest absolute Gasteiger partial charge is 0.223 e. The van der Waals surface area contributed by atoms with Crippen LogP contribution in [0.3, 0.4) is 0 Å². The largest absolute Gasteiger partial charge is 0.379 e. The zero-order valence-corrected chi connectivity index (χ0v) is 17.0. The van der Waals surface area contributed by atoms with Crippen LogP contribution in [-0.4, -0.2) is 53.7 Å². The second-order valence-corrected chi connectivity index (χ2v) is 8.35. The molecule has 2 aliphatic rings. The number of benzene rings is 1. The van der Waals surface area contributed by atoms with Crippen molar-refractivity contribution in [2.24, 2.45) is 5.41 Å². The van der Waals surface area contributed by atoms with Crippen molar-refractivity contribution in [1.82, 2.24) is 15.0 Å². The summed E-state index contributed by atoms with van der Waals surface area (Å²) in [6.07, 6.45) is 0.544. The number of amides is 1. The molecule has 1 aromatic carbocycles. The number of carbonyl (C=O) groups is 1. The highest BCUT2D eigenvalue weighted by molar-refractivity contribution is 5.80. The van der Waals surface area contributed by atoms with Crippen molar-refractivity contribution in [3.05, 3.63) is 52.9 Å². The summed E-state index contributed by atoms with van der Waals surface area (Å²) in [4.78, 5) is 17.4. The number of nitrogens with zero attached hydrogens (tertiary/aromatic N) is 3. The van der Waals surface area contributed by atoms with Crippen molar-refractivity contribution in [3.8, 4) is 0 Å². The molecule has 3 heterocycles. The van der Waals surface area contributed by atoms with Crippen LogP contribution in [0.1, 0.15) is 42.0 Å². The van der Waals surface area contributed by atoms with Gasteiger partial charge in [0.2, 0.25) is 5.91 Å². The van der Waals surface area contributed by atoms with E-state index in [-0.39, 0.29) is 17.4 Å². The third-order valence-corrected chi connectivity index (χ3v) is 6.18. The van der Waals surface area contributed by atoms with Crippen LogP contribution in [-0.2, 0) is 16.1 Å². The monoisotopic (exact) mass is 383 g/mol. The van der Waals surface area contributed by atoms with E-state index in [2.05, 4.69) is 29.1 Å². The summed E-state index contributed by atoms with van der Waals surface area (Å²) in [6, 6.07) is 10.3. The fraction of sp³-hybridized carbons (Fsp3) is 0.545. The van der Waals surface area contributed by atoms with E-state index >= 15 is 0 Å². The van der Waals surface area contributed by atoms with Crippen LogP contribution in [0.5, 0.6) is 0 Å². The second kappa shape index (κ2) is 7.68. The van der Waals surface area contributed by atoms with Crippen LogP contribution in [0.4, 0.5) is 0 Å². The molecule has 0 aliphatic carbocycles. The number of rotatable bonds is 4. The van der Waals surface area contributed by atoms with Gasteiger partial charge in [0.05, 0.1) is 24.9 Å². The number of aromatic nitrogens is 1. The van der Waals surface area contributed by atoms with Crippen molar-refractivity contribution in [2.75, 3.05) is 32.8 Å². The first-order valence-electron chi connectivity index (χ1n) is 10.0. The number of aryl methyl sites for hydroxylation is 2. The molecule has 28 heavy (non-hydrogen) atoms. The molecule has 0 unspecified atom stereocenters. The van der Waals surface area contributed by atoms with Crippen LogP contribution < -0.4 is 0 Å². The Balaban J connectivity index is 1.51. The second-order valence-electron chi connectivity index (χ2n) is 8.35. The van der Waals surface area contributed by atoms with Crippen LogP contribution in [0, 0.1) is 19.3 Å². The molecule has 0 bridgehead atoms. The fourth-order valence-corrected chi connectivity index (χ4v) is 4.56. The van der Waals surface area contributed by atoms with E-state index in [0.29, 0.717) is 19.6 Å². The van der Waals surface area contributed by atoms with E-state index in [1.54, 1.807) is 0 Å². The third kappa shape index (κ3) is 3.71. The average molecular weight is 383 g/mol. The summed E-state index contributed by atoms with van der Waals surface area (Å²) >= 11 is 0. The topological polar surface area (TPSA) is 58.8 Å². The molecule has 2 fully saturated rings. The maximum Gasteiger partial charge on any atom is 0.223 e. The summed E-state index contributed by atoms with van der Waals surface area (Å²) in [5.41, 5.74) is 3.11. The average Bonchev–Trinajstić information content (AvgIpc) is 3.09. The van der Waals surface area contributed by atoms with Gasteiger partial charge in [0, 0.05) is 43.6 Å². The Labute approximate surface area is 166 Å². The predicted molar refractivity (Wildman–Crippen MR) is 106 cm³/mol. The standard InChI is InChI=1S/C22H29N3O3/c1-16-20(18(3)28-23-16)12-24-9-10-27-15-22(13-24)11-21(26)25(14-22)17(2)19-7-5-4-6-8-19/h4-8,17H,9-15H2,1-3H3/t17-,22+/m1/s1. The van der Waals surface area contributed by atoms with Gasteiger partial charge in [0.25, 0.3) is 0 Å². The van der Waals surface area contributed by atoms with Crippen LogP contribution in [0.2, 0.25) is 0 Å². The van der Waals surface area contributed by atoms with Crippen LogP contribution >= 0.6 is 0 Å². The van der Waals surface area contributed by atoms with Crippen molar-refractivity contribution < 1.29 is 14.1 Å². The maximum absolute atomic E-state index is 12.9. The molecular formula is C22H29N3O3. The van der Waals surface area contributed by atoms with Gasteiger partial charge < -0.3 is 14.2 Å². The number of hydrogen-bond acceptors (Lipinski definition) is 5. The Bertz CT molecular complexity index is 815. The highest BCUT2D eigenvalue weighted by atomic mass is 16.5. The molecule has 0 N–H and O–H groups in total. The Hall–Kier alpha value is -2.18. The van der Waals surface area contributed by atoms with Crippen molar-refractivity contribution in [2.45, 2.75) is 39.8 Å². The third-order valence-electron chi connectivity index (χ3n) is 6.18. The van der Waals surface area contributed by atoms with E-state index in [9.17, 15) is 4.79 Å². The van der Waals surface area contributed by atoms with Crippen molar-refractivity contribution in [1.29, 1.82) is 0 Å². The van der Waals surface area contributed by atoms with Gasteiger partial charge in [-0.2, -0.15) is 0 Å². The minimum absolute atomic E-state index is 0.0762. The number of hydrogen-bond donors (Lipinski definition) is 0. The van der Waals surface area contributed by atoms with Crippen LogP contribution in [0.15, 0.2) is 34.9 Å². The molecule has 2 atom stereocenters. The molecule has 2 saturated heterocycles. The number of carbonyl (C=O) groups excluding carboxylic acids is 1. The lowest BCUT2D eigenvalue weighted by Crippen LogP contribution is -2.41. The van der Waals surface area contributed by atoms with Gasteiger partial charge >= 0.3 is 0 Å². The minimum Gasteiger partial charge on any atom is -0.379 e. The van der Waals surface area contributed by atoms with E-state index in [0.717, 1.165) is 43.2 Å². The molecule has 0 saturated carbocycles.